The van der Waals surface area contributed by atoms with Gasteiger partial charge in [-0.25, -0.2) is 0 Å². The van der Waals surface area contributed by atoms with Crippen LogP contribution in [0.5, 0.6) is 0 Å². The smallest absolute Gasteiger partial charge is 0.0543 e. The van der Waals surface area contributed by atoms with Crippen molar-refractivity contribution in [3.05, 3.63) is 226 Å². The number of anilines is 6. The maximum absolute atomic E-state index is 2.66. The van der Waals surface area contributed by atoms with E-state index in [1.54, 1.807) is 0 Å². The Balaban J connectivity index is 0.930. The Morgan fingerprint density at radius 2 is 1.01 bits per heavy atom. The van der Waals surface area contributed by atoms with E-state index in [1.807, 2.05) is 0 Å². The third-order valence-electron chi connectivity index (χ3n) is 17.7. The van der Waals surface area contributed by atoms with Gasteiger partial charge in [0.2, 0.25) is 0 Å². The van der Waals surface area contributed by atoms with E-state index in [0.29, 0.717) is 11.8 Å². The number of benzene rings is 8. The van der Waals surface area contributed by atoms with Crippen molar-refractivity contribution in [2.24, 2.45) is 11.8 Å². The van der Waals surface area contributed by atoms with Gasteiger partial charge < -0.3 is 9.80 Å². The molecule has 3 saturated carbocycles. The first kappa shape index (κ1) is 43.4. The number of para-hydroxylation sites is 1. The van der Waals surface area contributed by atoms with Gasteiger partial charge in [0.05, 0.1) is 5.69 Å². The quantitative estimate of drug-likeness (QED) is 0.142. The van der Waals surface area contributed by atoms with Crippen LogP contribution in [0.3, 0.4) is 0 Å². The highest BCUT2D eigenvalue weighted by Gasteiger charge is 2.41. The van der Waals surface area contributed by atoms with Gasteiger partial charge in [-0.1, -0.05) is 161 Å². The van der Waals surface area contributed by atoms with Crippen LogP contribution in [-0.2, 0) is 31.1 Å². The third kappa shape index (κ3) is 7.79. The molecule has 8 aliphatic rings. The van der Waals surface area contributed by atoms with Gasteiger partial charge in [-0.15, -0.1) is 0 Å². The molecule has 0 heterocycles. The molecule has 0 radical (unpaired) electrons. The summed E-state index contributed by atoms with van der Waals surface area (Å²) in [7, 11) is 0. The average Bonchev–Trinajstić information content (AvgIpc) is 4.11. The van der Waals surface area contributed by atoms with E-state index in [2.05, 4.69) is 206 Å². The van der Waals surface area contributed by atoms with Crippen LogP contribution in [0, 0.1) is 11.8 Å². The normalized spacial score (nSPS) is 19.9. The first-order valence-electron chi connectivity index (χ1n) is 26.9. The predicted octanol–water partition coefficient (Wildman–Crippen LogP) is 18.4. The fourth-order valence-corrected chi connectivity index (χ4v) is 14.0. The second kappa shape index (κ2) is 18.0. The number of nitrogens with zero attached hydrogens (tertiary/aromatic N) is 2. The molecule has 8 aromatic rings. The molecule has 70 heavy (non-hydrogen) atoms. The predicted molar refractivity (Wildman–Crippen MR) is 294 cm³/mol. The molecule has 0 N–H and O–H groups in total. The van der Waals surface area contributed by atoms with Crippen molar-refractivity contribution in [1.29, 1.82) is 0 Å². The largest absolute Gasteiger partial charge is 0.310 e. The minimum atomic E-state index is -0.135. The minimum Gasteiger partial charge on any atom is -0.310 e. The van der Waals surface area contributed by atoms with E-state index in [-0.39, 0.29) is 5.41 Å². The Morgan fingerprint density at radius 3 is 1.67 bits per heavy atom. The fraction of sp³-hybridized carbons (Fsp3) is 0.294. The Bertz CT molecular complexity index is 3180. The summed E-state index contributed by atoms with van der Waals surface area (Å²) in [6.45, 7) is 4.85. The zero-order valence-corrected chi connectivity index (χ0v) is 41.2. The molecule has 3 unspecified atom stereocenters. The zero-order valence-electron chi connectivity index (χ0n) is 41.2. The van der Waals surface area contributed by atoms with E-state index < -0.39 is 0 Å². The lowest BCUT2D eigenvalue weighted by atomic mass is 9.81. The topological polar surface area (TPSA) is 6.48 Å². The molecule has 2 heteroatoms. The van der Waals surface area contributed by atoms with Crippen LogP contribution in [0.4, 0.5) is 34.1 Å². The van der Waals surface area contributed by atoms with Crippen molar-refractivity contribution in [2.45, 2.75) is 115 Å². The summed E-state index contributed by atoms with van der Waals surface area (Å²) in [6.07, 6.45) is 16.1. The minimum absolute atomic E-state index is 0.135. The first-order chi connectivity index (χ1) is 34.4. The summed E-state index contributed by atoms with van der Waals surface area (Å²) in [5.74, 6) is 3.15. The lowest BCUT2D eigenvalue weighted by Gasteiger charge is -2.33. The molecule has 0 aromatic heterocycles. The van der Waals surface area contributed by atoms with Gasteiger partial charge in [0.1, 0.15) is 0 Å². The van der Waals surface area contributed by atoms with Gasteiger partial charge in [0.25, 0.3) is 0 Å². The fourth-order valence-electron chi connectivity index (χ4n) is 14.0. The van der Waals surface area contributed by atoms with Crippen LogP contribution < -0.4 is 9.80 Å². The van der Waals surface area contributed by atoms with Gasteiger partial charge in [0.15, 0.2) is 0 Å². The number of hydrogen-bond donors (Lipinski definition) is 0. The van der Waals surface area contributed by atoms with Crippen LogP contribution in [0.25, 0.3) is 22.3 Å². The summed E-state index contributed by atoms with van der Waals surface area (Å²) < 4.78 is 0. The highest BCUT2D eigenvalue weighted by molar-refractivity contribution is 5.95. The van der Waals surface area contributed by atoms with Crippen LogP contribution in [-0.4, -0.2) is 0 Å². The molecule has 3 fully saturated rings. The number of hydrogen-bond acceptors (Lipinski definition) is 2. The van der Waals surface area contributed by atoms with Crippen molar-refractivity contribution in [2.75, 3.05) is 9.80 Å². The third-order valence-corrected chi connectivity index (χ3v) is 17.7. The van der Waals surface area contributed by atoms with E-state index in [1.165, 1.54) is 159 Å². The summed E-state index contributed by atoms with van der Waals surface area (Å²) in [5, 5.41) is 0. The van der Waals surface area contributed by atoms with Gasteiger partial charge in [-0.2, -0.15) is 0 Å². The van der Waals surface area contributed by atoms with Gasteiger partial charge >= 0.3 is 0 Å². The molecule has 0 saturated heterocycles. The van der Waals surface area contributed by atoms with E-state index in [4.69, 9.17) is 0 Å². The monoisotopic (exact) mass is 911 g/mol. The SMILES string of the molecule is CC1(C)c2ccccc2-c2cc(-c3ccccc3)c(N(c3ccc(C4CC5CCC4C5)cc3)c3cc4ccc3CCc3ccc(c(N(c5ccccc5)c5ccc(C6CCCCC6)cc5)c3)CC4)cc21. The van der Waals surface area contributed by atoms with Crippen molar-refractivity contribution < 1.29 is 0 Å². The van der Waals surface area contributed by atoms with Crippen LogP contribution in [0.1, 0.15) is 128 Å². The second-order valence-corrected chi connectivity index (χ2v) is 22.2. The summed E-state index contributed by atoms with van der Waals surface area (Å²) in [5.41, 5.74) is 24.0. The number of aryl methyl sites for hydroxylation is 4. The molecule has 16 rings (SSSR count). The van der Waals surface area contributed by atoms with Crippen molar-refractivity contribution in [3.63, 3.8) is 0 Å². The van der Waals surface area contributed by atoms with Crippen LogP contribution in [0.15, 0.2) is 182 Å². The van der Waals surface area contributed by atoms with Crippen LogP contribution in [0.2, 0.25) is 0 Å². The number of rotatable bonds is 9. The molecule has 3 atom stereocenters. The maximum Gasteiger partial charge on any atom is 0.0543 e. The lowest BCUT2D eigenvalue weighted by molar-refractivity contribution is 0.420. The molecule has 0 amide bonds. The molecule has 0 aliphatic heterocycles. The lowest BCUT2D eigenvalue weighted by Crippen LogP contribution is -2.18. The molecule has 348 valence electrons. The van der Waals surface area contributed by atoms with Crippen molar-refractivity contribution in [1.82, 2.24) is 0 Å². The van der Waals surface area contributed by atoms with E-state index in [0.717, 1.165) is 37.5 Å². The second-order valence-electron chi connectivity index (χ2n) is 22.2. The van der Waals surface area contributed by atoms with Gasteiger partial charge in [-0.3, -0.25) is 0 Å². The zero-order chi connectivity index (χ0) is 46.8. The summed E-state index contributed by atoms with van der Waals surface area (Å²) in [4.78, 5) is 5.20. The molecule has 8 aromatic carbocycles. The van der Waals surface area contributed by atoms with Gasteiger partial charge in [-0.05, 0) is 203 Å². The Kier molecular flexibility index (Phi) is 11.1. The maximum atomic E-state index is 2.66. The Morgan fingerprint density at radius 1 is 0.414 bits per heavy atom. The highest BCUT2D eigenvalue weighted by atomic mass is 15.2. The van der Waals surface area contributed by atoms with Crippen molar-refractivity contribution >= 4 is 34.1 Å². The van der Waals surface area contributed by atoms with Crippen LogP contribution >= 0.6 is 0 Å². The number of fused-ring (bicyclic) bond motifs is 5. The Hall–Kier alpha value is -6.64. The van der Waals surface area contributed by atoms with E-state index >= 15 is 0 Å². The highest BCUT2D eigenvalue weighted by Crippen LogP contribution is 2.56. The molecule has 0 spiro atoms. The molecular formula is C68H66N2. The van der Waals surface area contributed by atoms with Gasteiger partial charge in [0, 0.05) is 39.4 Å². The molecule has 8 aliphatic carbocycles. The van der Waals surface area contributed by atoms with Crippen molar-refractivity contribution in [3.8, 4) is 22.3 Å². The Labute approximate surface area is 417 Å². The average molecular weight is 911 g/mol. The standard InChI is InChI=1S/C68H66N2/c1-68(2)63-21-13-12-20-59(63)62-44-61(51-16-8-4-9-17-51)67(45-64(62)68)70(58-38-34-52(35-39-58)60-41-48-26-31-55(60)40-48)66-43-47-23-28-53-27-22-46(24-29-54(66)30-25-47)42-65(53)69(56-18-10-5-11-19-56)57-36-32-50(33-37-57)49-14-6-3-7-15-49/h4-5,8-13,16-22,25,27,30,32-39,42-45,48-49,55,60H,3,6-7,14-15,23-24,26,28-29,31,40-41H2,1-2H3. The summed E-state index contributed by atoms with van der Waals surface area (Å²) >= 11 is 0. The molecular weight excluding hydrogens is 845 g/mol. The van der Waals surface area contributed by atoms with E-state index in [9.17, 15) is 0 Å². The summed E-state index contributed by atoms with van der Waals surface area (Å²) in [6, 6.07) is 70.8. The molecule has 2 nitrogen and oxygen atoms in total. The first-order valence-corrected chi connectivity index (χ1v) is 26.9. The molecule has 6 bridgehead atoms.